The number of hydrogen-bond acceptors (Lipinski definition) is 4. The fraction of sp³-hybridized carbons (Fsp3) is 0.0185. The Hall–Kier alpha value is -7.27. The first-order chi connectivity index (χ1) is 28.7. The van der Waals surface area contributed by atoms with Gasteiger partial charge in [-0.05, 0) is 117 Å². The van der Waals surface area contributed by atoms with Gasteiger partial charge in [0.05, 0.1) is 0 Å². The maximum atomic E-state index is 5.62. The summed E-state index contributed by atoms with van der Waals surface area (Å²) < 4.78 is 2.57. The SMILES string of the molecule is c1ccc(-c2ccc(N(c3ccccc3)c3ccc(C4=NC(c5cc(-c6ccccc6)cc6sc7cc8ccccc8cc7c56)c5ccccc5N4)cc3)cc2)cc1. The monoisotopic (exact) mass is 759 g/mol. The standard InChI is InChI=1S/C54H37N3S/c1-4-14-36(15-5-1)38-24-28-44(29-25-38)57(43-20-8-3-9-21-43)45-30-26-39(27-31-45)54-55-49-23-13-12-22-46(49)53(56-54)48-33-42(37-16-6-2-7-17-37)35-51-52(48)47-32-40-18-10-11-19-41(40)34-50(47)58-51/h1-35,53H,(H,55,56). The summed E-state index contributed by atoms with van der Waals surface area (Å²) in [6, 6.07) is 76.1. The van der Waals surface area contributed by atoms with E-state index < -0.39 is 0 Å². The summed E-state index contributed by atoms with van der Waals surface area (Å²) in [4.78, 5) is 7.93. The third-order valence-electron chi connectivity index (χ3n) is 11.3. The quantitative estimate of drug-likeness (QED) is 0.175. The van der Waals surface area contributed by atoms with E-state index in [1.807, 2.05) is 11.3 Å². The van der Waals surface area contributed by atoms with Crippen LogP contribution in [0.25, 0.3) is 53.2 Å². The van der Waals surface area contributed by atoms with Crippen molar-refractivity contribution in [2.45, 2.75) is 6.04 Å². The minimum absolute atomic E-state index is 0.216. The van der Waals surface area contributed by atoms with Crippen LogP contribution in [0, 0.1) is 0 Å². The van der Waals surface area contributed by atoms with E-state index in [1.165, 1.54) is 64.3 Å². The van der Waals surface area contributed by atoms with Crippen LogP contribution in [0.5, 0.6) is 0 Å². The molecule has 10 aromatic rings. The van der Waals surface area contributed by atoms with Crippen molar-refractivity contribution in [3.8, 4) is 22.3 Å². The van der Waals surface area contributed by atoms with Crippen molar-refractivity contribution in [3.05, 3.63) is 229 Å². The van der Waals surface area contributed by atoms with Gasteiger partial charge in [-0.1, -0.05) is 133 Å². The molecule has 11 rings (SSSR count). The normalized spacial score (nSPS) is 13.6. The summed E-state index contributed by atoms with van der Waals surface area (Å²) in [5, 5.41) is 8.81. The second kappa shape index (κ2) is 14.3. The maximum Gasteiger partial charge on any atom is 0.133 e. The minimum Gasteiger partial charge on any atom is -0.340 e. The number of anilines is 4. The van der Waals surface area contributed by atoms with Gasteiger partial charge in [-0.25, -0.2) is 0 Å². The Balaban J connectivity index is 1.04. The highest BCUT2D eigenvalue weighted by Gasteiger charge is 2.27. The van der Waals surface area contributed by atoms with Crippen LogP contribution < -0.4 is 10.2 Å². The molecule has 0 fully saturated rings. The lowest BCUT2D eigenvalue weighted by Crippen LogP contribution is -2.22. The third kappa shape index (κ3) is 6.12. The Kier molecular flexibility index (Phi) is 8.41. The first-order valence-corrected chi connectivity index (χ1v) is 20.5. The zero-order chi connectivity index (χ0) is 38.4. The lowest BCUT2D eigenvalue weighted by Gasteiger charge is -2.28. The molecule has 1 aliphatic heterocycles. The van der Waals surface area contributed by atoms with Gasteiger partial charge >= 0.3 is 0 Å². The first-order valence-electron chi connectivity index (χ1n) is 19.7. The Morgan fingerprint density at radius 1 is 0.414 bits per heavy atom. The molecule has 1 aromatic heterocycles. The molecule has 0 amide bonds. The van der Waals surface area contributed by atoms with Crippen LogP contribution >= 0.6 is 11.3 Å². The molecule has 0 radical (unpaired) electrons. The van der Waals surface area contributed by atoms with E-state index >= 15 is 0 Å². The highest BCUT2D eigenvalue weighted by molar-refractivity contribution is 7.26. The van der Waals surface area contributed by atoms with Gasteiger partial charge < -0.3 is 10.2 Å². The number of thiophene rings is 1. The van der Waals surface area contributed by atoms with Gasteiger partial charge in [0.15, 0.2) is 0 Å². The fourth-order valence-corrected chi connectivity index (χ4v) is 9.66. The predicted molar refractivity (Wildman–Crippen MR) is 247 cm³/mol. The van der Waals surface area contributed by atoms with Crippen LogP contribution in [0.1, 0.15) is 22.7 Å². The summed E-state index contributed by atoms with van der Waals surface area (Å²) in [6.07, 6.45) is 0. The average Bonchev–Trinajstić information content (AvgIpc) is 3.66. The number of nitrogens with zero attached hydrogens (tertiary/aromatic N) is 2. The van der Waals surface area contributed by atoms with Crippen molar-refractivity contribution in [1.29, 1.82) is 0 Å². The second-order valence-corrected chi connectivity index (χ2v) is 15.9. The third-order valence-corrected chi connectivity index (χ3v) is 12.4. The highest BCUT2D eigenvalue weighted by atomic mass is 32.1. The molecule has 1 N–H and O–H groups in total. The molecule has 1 atom stereocenters. The minimum atomic E-state index is -0.216. The summed E-state index contributed by atoms with van der Waals surface area (Å²) in [7, 11) is 0. The molecule has 274 valence electrons. The summed E-state index contributed by atoms with van der Waals surface area (Å²) >= 11 is 1.87. The Bertz CT molecular complexity index is 3120. The Morgan fingerprint density at radius 3 is 1.64 bits per heavy atom. The topological polar surface area (TPSA) is 27.6 Å². The number of amidine groups is 1. The van der Waals surface area contributed by atoms with Crippen molar-refractivity contribution >= 4 is 70.9 Å². The molecule has 1 aliphatic rings. The van der Waals surface area contributed by atoms with Gasteiger partial charge in [0.1, 0.15) is 11.9 Å². The zero-order valence-electron chi connectivity index (χ0n) is 31.6. The van der Waals surface area contributed by atoms with Gasteiger partial charge in [-0.15, -0.1) is 11.3 Å². The van der Waals surface area contributed by atoms with E-state index in [0.29, 0.717) is 0 Å². The van der Waals surface area contributed by atoms with E-state index in [0.717, 1.165) is 34.1 Å². The van der Waals surface area contributed by atoms with Crippen LogP contribution in [0.15, 0.2) is 217 Å². The fourth-order valence-electron chi connectivity index (χ4n) is 8.45. The Labute approximate surface area is 341 Å². The Morgan fingerprint density at radius 2 is 0.948 bits per heavy atom. The summed E-state index contributed by atoms with van der Waals surface area (Å²) in [5.74, 6) is 0.858. The molecule has 2 heterocycles. The van der Waals surface area contributed by atoms with Crippen LogP contribution in [0.2, 0.25) is 0 Å². The van der Waals surface area contributed by atoms with E-state index in [2.05, 4.69) is 223 Å². The van der Waals surface area contributed by atoms with Crippen molar-refractivity contribution < 1.29 is 0 Å². The first kappa shape index (κ1) is 34.0. The van der Waals surface area contributed by atoms with Crippen molar-refractivity contribution in [2.75, 3.05) is 10.2 Å². The summed E-state index contributed by atoms with van der Waals surface area (Å²) in [6.45, 7) is 0. The zero-order valence-corrected chi connectivity index (χ0v) is 32.4. The number of hydrogen-bond donors (Lipinski definition) is 1. The molecule has 4 heteroatoms. The van der Waals surface area contributed by atoms with Gasteiger partial charge in [-0.3, -0.25) is 4.99 Å². The van der Waals surface area contributed by atoms with Crippen LogP contribution in [0.3, 0.4) is 0 Å². The summed E-state index contributed by atoms with van der Waals surface area (Å²) in [5.41, 5.74) is 12.6. The van der Waals surface area contributed by atoms with Crippen molar-refractivity contribution in [2.24, 2.45) is 4.99 Å². The average molecular weight is 760 g/mol. The van der Waals surface area contributed by atoms with E-state index in [9.17, 15) is 0 Å². The lowest BCUT2D eigenvalue weighted by atomic mass is 9.89. The van der Waals surface area contributed by atoms with Crippen LogP contribution in [-0.2, 0) is 0 Å². The van der Waals surface area contributed by atoms with Gasteiger partial charge in [0.2, 0.25) is 0 Å². The molecular formula is C54H37N3S. The number of rotatable bonds is 7. The molecule has 9 aromatic carbocycles. The van der Waals surface area contributed by atoms with E-state index in [4.69, 9.17) is 4.99 Å². The van der Waals surface area contributed by atoms with E-state index in [1.54, 1.807) is 0 Å². The molecule has 0 saturated carbocycles. The van der Waals surface area contributed by atoms with Crippen molar-refractivity contribution in [1.82, 2.24) is 0 Å². The lowest BCUT2D eigenvalue weighted by molar-refractivity contribution is 0.873. The number of aliphatic imine (C=N–C) groups is 1. The second-order valence-electron chi connectivity index (χ2n) is 14.8. The predicted octanol–water partition coefficient (Wildman–Crippen LogP) is 15.0. The number of nitrogens with one attached hydrogen (secondary N) is 1. The van der Waals surface area contributed by atoms with Crippen LogP contribution in [-0.4, -0.2) is 5.84 Å². The molecule has 0 bridgehead atoms. The maximum absolute atomic E-state index is 5.62. The number of para-hydroxylation sites is 2. The smallest absolute Gasteiger partial charge is 0.133 e. The van der Waals surface area contributed by atoms with Crippen LogP contribution in [0.4, 0.5) is 22.7 Å². The highest BCUT2D eigenvalue weighted by Crippen LogP contribution is 2.47. The van der Waals surface area contributed by atoms with Crippen molar-refractivity contribution in [3.63, 3.8) is 0 Å². The number of fused-ring (bicyclic) bond motifs is 5. The van der Waals surface area contributed by atoms with Gasteiger partial charge in [-0.2, -0.15) is 0 Å². The number of benzene rings is 9. The molecule has 0 saturated heterocycles. The largest absolute Gasteiger partial charge is 0.340 e. The molecule has 0 aliphatic carbocycles. The van der Waals surface area contributed by atoms with E-state index in [-0.39, 0.29) is 6.04 Å². The molecular weight excluding hydrogens is 723 g/mol. The molecule has 3 nitrogen and oxygen atoms in total. The van der Waals surface area contributed by atoms with Gasteiger partial charge in [0, 0.05) is 54.0 Å². The van der Waals surface area contributed by atoms with Gasteiger partial charge in [0.25, 0.3) is 0 Å². The molecule has 58 heavy (non-hydrogen) atoms. The molecule has 0 spiro atoms. The molecule has 1 unspecified atom stereocenters.